The highest BCUT2D eigenvalue weighted by atomic mass is 19.2. The Bertz CT molecular complexity index is 909. The molecule has 2 aliphatic heterocycles. The molecule has 0 unspecified atom stereocenters. The maximum atomic E-state index is 13.8. The Morgan fingerprint density at radius 2 is 1.10 bits per heavy atom. The van der Waals surface area contributed by atoms with Crippen molar-refractivity contribution in [3.05, 3.63) is 34.6 Å². The fourth-order valence-electron chi connectivity index (χ4n) is 3.41. The van der Waals surface area contributed by atoms with Gasteiger partial charge in [-0.1, -0.05) is 0 Å². The van der Waals surface area contributed by atoms with Gasteiger partial charge in [-0.05, 0) is 25.7 Å². The SMILES string of the molecule is Fc1c(F)c(F)c(/C=N/Nc2nc(N3CCCC3)nc(N3CCCC3)n2)c(F)c1F. The van der Waals surface area contributed by atoms with E-state index in [9.17, 15) is 22.0 Å². The zero-order chi connectivity index (χ0) is 21.3. The van der Waals surface area contributed by atoms with E-state index in [4.69, 9.17) is 0 Å². The van der Waals surface area contributed by atoms with Crippen molar-refractivity contribution in [3.8, 4) is 0 Å². The van der Waals surface area contributed by atoms with Crippen LogP contribution in [-0.4, -0.2) is 47.3 Å². The summed E-state index contributed by atoms with van der Waals surface area (Å²) in [6.07, 6.45) is 4.53. The summed E-state index contributed by atoms with van der Waals surface area (Å²) in [6.45, 7) is 3.15. The van der Waals surface area contributed by atoms with Gasteiger partial charge in [-0.15, -0.1) is 0 Å². The smallest absolute Gasteiger partial charge is 0.250 e. The van der Waals surface area contributed by atoms with Crippen molar-refractivity contribution >= 4 is 24.1 Å². The summed E-state index contributed by atoms with van der Waals surface area (Å²) < 4.78 is 67.3. The van der Waals surface area contributed by atoms with E-state index in [1.165, 1.54) is 0 Å². The Balaban J connectivity index is 1.61. The molecule has 12 heteroatoms. The molecule has 0 radical (unpaired) electrons. The van der Waals surface area contributed by atoms with E-state index < -0.39 is 34.6 Å². The van der Waals surface area contributed by atoms with E-state index >= 15 is 0 Å². The molecule has 3 heterocycles. The van der Waals surface area contributed by atoms with E-state index in [1.807, 2.05) is 9.80 Å². The Labute approximate surface area is 168 Å². The number of anilines is 3. The molecule has 160 valence electrons. The molecule has 0 bridgehead atoms. The van der Waals surface area contributed by atoms with Crippen LogP contribution in [0.15, 0.2) is 5.10 Å². The lowest BCUT2D eigenvalue weighted by molar-refractivity contribution is 0.377. The largest absolute Gasteiger partial charge is 0.341 e. The first-order valence-corrected chi connectivity index (χ1v) is 9.52. The van der Waals surface area contributed by atoms with Gasteiger partial charge in [0.15, 0.2) is 23.3 Å². The first kappa shape index (κ1) is 20.2. The zero-order valence-corrected chi connectivity index (χ0v) is 15.8. The van der Waals surface area contributed by atoms with Gasteiger partial charge < -0.3 is 9.80 Å². The molecule has 7 nitrogen and oxygen atoms in total. The molecule has 1 N–H and O–H groups in total. The van der Waals surface area contributed by atoms with Crippen LogP contribution in [0.3, 0.4) is 0 Å². The Morgan fingerprint density at radius 1 is 0.667 bits per heavy atom. The first-order valence-electron chi connectivity index (χ1n) is 9.52. The van der Waals surface area contributed by atoms with Gasteiger partial charge in [0, 0.05) is 26.2 Å². The summed E-state index contributed by atoms with van der Waals surface area (Å²) in [6, 6.07) is 0. The van der Waals surface area contributed by atoms with Gasteiger partial charge in [-0.3, -0.25) is 0 Å². The minimum absolute atomic E-state index is 0.00826. The summed E-state index contributed by atoms with van der Waals surface area (Å²) >= 11 is 0. The van der Waals surface area contributed by atoms with Gasteiger partial charge in [0.1, 0.15) is 0 Å². The van der Waals surface area contributed by atoms with Gasteiger partial charge in [0.05, 0.1) is 11.8 Å². The molecular formula is C18H18F5N7. The van der Waals surface area contributed by atoms with Crippen molar-refractivity contribution < 1.29 is 22.0 Å². The van der Waals surface area contributed by atoms with Crippen molar-refractivity contribution in [2.24, 2.45) is 5.10 Å². The lowest BCUT2D eigenvalue weighted by Gasteiger charge is -2.20. The average molecular weight is 427 g/mol. The summed E-state index contributed by atoms with van der Waals surface area (Å²) in [5.74, 6) is -9.35. The molecular weight excluding hydrogens is 409 g/mol. The minimum Gasteiger partial charge on any atom is -0.341 e. The summed E-state index contributed by atoms with van der Waals surface area (Å²) in [7, 11) is 0. The second-order valence-corrected chi connectivity index (χ2v) is 7.00. The van der Waals surface area contributed by atoms with Crippen LogP contribution >= 0.6 is 0 Å². The normalized spacial score (nSPS) is 16.8. The van der Waals surface area contributed by atoms with Gasteiger partial charge in [-0.2, -0.15) is 20.1 Å². The van der Waals surface area contributed by atoms with Crippen LogP contribution in [0.25, 0.3) is 0 Å². The Hall–Kier alpha value is -3.05. The number of halogens is 5. The van der Waals surface area contributed by atoms with Crippen LogP contribution in [0, 0.1) is 29.1 Å². The van der Waals surface area contributed by atoms with Gasteiger partial charge in [0.25, 0.3) is 0 Å². The third-order valence-electron chi connectivity index (χ3n) is 4.99. The molecule has 2 aromatic rings. The topological polar surface area (TPSA) is 69.5 Å². The Kier molecular flexibility index (Phi) is 5.64. The van der Waals surface area contributed by atoms with Crippen LogP contribution in [0.5, 0.6) is 0 Å². The summed E-state index contributed by atoms with van der Waals surface area (Å²) in [4.78, 5) is 17.0. The van der Waals surface area contributed by atoms with Crippen LogP contribution < -0.4 is 15.2 Å². The number of nitrogens with zero attached hydrogens (tertiary/aromatic N) is 6. The zero-order valence-electron chi connectivity index (χ0n) is 15.8. The van der Waals surface area contributed by atoms with E-state index in [0.717, 1.165) is 51.9 Å². The molecule has 2 fully saturated rings. The third kappa shape index (κ3) is 3.85. The molecule has 4 rings (SSSR count). The lowest BCUT2D eigenvalue weighted by Crippen LogP contribution is -2.25. The molecule has 0 atom stereocenters. The van der Waals surface area contributed by atoms with Gasteiger partial charge >= 0.3 is 0 Å². The molecule has 1 aromatic carbocycles. The van der Waals surface area contributed by atoms with E-state index in [-0.39, 0.29) is 5.95 Å². The van der Waals surface area contributed by atoms with Crippen molar-refractivity contribution in [1.82, 2.24) is 15.0 Å². The van der Waals surface area contributed by atoms with Crippen LogP contribution in [0.2, 0.25) is 0 Å². The standard InChI is InChI=1S/C18H18F5N7/c19-11-10(12(20)14(22)15(23)13(11)21)9-24-28-16-25-17(29-5-1-2-6-29)27-18(26-16)30-7-3-4-8-30/h9H,1-8H2,(H,25,26,27,28)/b24-9+. The van der Waals surface area contributed by atoms with Crippen LogP contribution in [0.1, 0.15) is 31.2 Å². The van der Waals surface area contributed by atoms with Crippen molar-refractivity contribution in [2.45, 2.75) is 25.7 Å². The molecule has 2 saturated heterocycles. The second kappa shape index (κ2) is 8.36. The monoisotopic (exact) mass is 427 g/mol. The molecule has 0 saturated carbocycles. The summed E-state index contributed by atoms with van der Waals surface area (Å²) in [5, 5.41) is 3.58. The number of benzene rings is 1. The lowest BCUT2D eigenvalue weighted by atomic mass is 10.2. The molecule has 2 aliphatic rings. The maximum absolute atomic E-state index is 13.8. The quantitative estimate of drug-likeness (QED) is 0.260. The molecule has 0 spiro atoms. The first-order chi connectivity index (χ1) is 14.5. The maximum Gasteiger partial charge on any atom is 0.250 e. The highest BCUT2D eigenvalue weighted by molar-refractivity contribution is 5.81. The number of hydrogen-bond donors (Lipinski definition) is 1. The number of rotatable bonds is 5. The number of hydrogen-bond acceptors (Lipinski definition) is 7. The van der Waals surface area contributed by atoms with E-state index in [1.54, 1.807) is 0 Å². The van der Waals surface area contributed by atoms with Crippen molar-refractivity contribution in [1.29, 1.82) is 0 Å². The molecule has 1 aromatic heterocycles. The molecule has 0 amide bonds. The molecule has 30 heavy (non-hydrogen) atoms. The van der Waals surface area contributed by atoms with Crippen molar-refractivity contribution in [3.63, 3.8) is 0 Å². The predicted molar refractivity (Wildman–Crippen MR) is 100 cm³/mol. The minimum atomic E-state index is -2.22. The van der Waals surface area contributed by atoms with Gasteiger partial charge in [-0.25, -0.2) is 27.4 Å². The summed E-state index contributed by atoms with van der Waals surface area (Å²) in [5.41, 5.74) is 1.25. The van der Waals surface area contributed by atoms with Crippen LogP contribution in [0.4, 0.5) is 39.8 Å². The van der Waals surface area contributed by atoms with Gasteiger partial charge in [0.2, 0.25) is 23.7 Å². The predicted octanol–water partition coefficient (Wildman–Crippen LogP) is 3.21. The van der Waals surface area contributed by atoms with E-state index in [2.05, 4.69) is 25.5 Å². The number of hydrazone groups is 1. The Morgan fingerprint density at radius 3 is 1.57 bits per heavy atom. The van der Waals surface area contributed by atoms with E-state index in [0.29, 0.717) is 18.1 Å². The van der Waals surface area contributed by atoms with Crippen molar-refractivity contribution in [2.75, 3.05) is 41.4 Å². The number of nitrogens with one attached hydrogen (secondary N) is 1. The third-order valence-corrected chi connectivity index (χ3v) is 4.99. The fraction of sp³-hybridized carbons (Fsp3) is 0.444. The highest BCUT2D eigenvalue weighted by Crippen LogP contribution is 2.24. The fourth-order valence-corrected chi connectivity index (χ4v) is 3.41. The number of aromatic nitrogens is 3. The molecule has 0 aliphatic carbocycles. The van der Waals surface area contributed by atoms with Crippen LogP contribution in [-0.2, 0) is 0 Å². The second-order valence-electron chi connectivity index (χ2n) is 7.00. The average Bonchev–Trinajstić information content (AvgIpc) is 3.47. The highest BCUT2D eigenvalue weighted by Gasteiger charge is 2.25.